The zero-order valence-corrected chi connectivity index (χ0v) is 13.5. The van der Waals surface area contributed by atoms with Gasteiger partial charge in [-0.15, -0.1) is 0 Å². The van der Waals surface area contributed by atoms with Crippen LogP contribution in [0.3, 0.4) is 0 Å². The van der Waals surface area contributed by atoms with E-state index in [1.165, 1.54) is 26.5 Å². The van der Waals surface area contributed by atoms with Crippen molar-refractivity contribution in [3.05, 3.63) is 65.2 Å². The van der Waals surface area contributed by atoms with E-state index in [-0.39, 0.29) is 7.92 Å². The molecule has 96 valence electrons. The first-order chi connectivity index (χ1) is 9.61. The maximum absolute atomic E-state index is 2.39. The molecule has 0 aliphatic heterocycles. The molecule has 0 amide bonds. The van der Waals surface area contributed by atoms with E-state index in [0.29, 0.717) is 5.66 Å². The Balaban J connectivity index is 2.24. The maximum atomic E-state index is 2.39. The molecule has 2 heteroatoms. The number of allylic oxidation sites excluding steroid dienone is 1. The quantitative estimate of drug-likeness (QED) is 0.530. The van der Waals surface area contributed by atoms with Crippen LogP contribution >= 0.6 is 7.92 Å². The van der Waals surface area contributed by atoms with Crippen LogP contribution < -0.4 is 0 Å². The Morgan fingerprint density at radius 2 is 1.65 bits per heavy atom. The van der Waals surface area contributed by atoms with Crippen LogP contribution in [0.5, 0.6) is 0 Å². The summed E-state index contributed by atoms with van der Waals surface area (Å²) in [5, 5.41) is 0. The minimum absolute atomic E-state index is 0.00668. The number of hydrogen-bond donors (Lipinski definition) is 0. The number of benzene rings is 2. The fourth-order valence-electron chi connectivity index (χ4n) is 3.38. The molecular formula is C18H18LiP. The Kier molecular flexibility index (Phi) is 3.92. The third-order valence-electron chi connectivity index (χ3n) is 4.37. The van der Waals surface area contributed by atoms with E-state index in [4.69, 9.17) is 0 Å². The molecule has 0 saturated heterocycles. The van der Waals surface area contributed by atoms with Gasteiger partial charge < -0.3 is 0 Å². The van der Waals surface area contributed by atoms with Gasteiger partial charge in [0.15, 0.2) is 0 Å². The van der Waals surface area contributed by atoms with Crippen LogP contribution in [0.2, 0.25) is 0 Å². The van der Waals surface area contributed by atoms with Gasteiger partial charge in [-0.3, -0.25) is 0 Å². The van der Waals surface area contributed by atoms with Crippen molar-refractivity contribution in [1.29, 1.82) is 0 Å². The Labute approximate surface area is 132 Å². The van der Waals surface area contributed by atoms with E-state index in [1.54, 1.807) is 5.57 Å². The summed E-state index contributed by atoms with van der Waals surface area (Å²) in [6.45, 7) is 7.10. The molecule has 1 unspecified atom stereocenters. The van der Waals surface area contributed by atoms with Crippen molar-refractivity contribution in [1.82, 2.24) is 0 Å². The Morgan fingerprint density at radius 1 is 0.950 bits per heavy atom. The van der Waals surface area contributed by atoms with Crippen molar-refractivity contribution in [3.8, 4) is 11.1 Å². The summed E-state index contributed by atoms with van der Waals surface area (Å²) in [5.41, 5.74) is 7.95. The van der Waals surface area contributed by atoms with E-state index < -0.39 is 0 Å². The molecule has 0 nitrogen and oxygen atoms in total. The second-order valence-electron chi connectivity index (χ2n) is 5.81. The summed E-state index contributed by atoms with van der Waals surface area (Å²) < 4.78 is 1.49. The first kappa shape index (κ1) is 14.2. The summed E-state index contributed by atoms with van der Waals surface area (Å²) in [6, 6.07) is 17.6. The molecule has 2 aromatic rings. The van der Waals surface area contributed by atoms with E-state index >= 15 is 0 Å². The van der Waals surface area contributed by atoms with Crippen molar-refractivity contribution in [2.24, 2.45) is 0 Å². The molecule has 0 N–H and O–H groups in total. The molecule has 0 bridgehead atoms. The number of rotatable bonds is 2. The molecular weight excluding hydrogens is 254 g/mol. The van der Waals surface area contributed by atoms with Gasteiger partial charge in [0.2, 0.25) is 0 Å². The van der Waals surface area contributed by atoms with Crippen LogP contribution in [-0.4, -0.2) is 31.0 Å². The summed E-state index contributed by atoms with van der Waals surface area (Å²) in [4.78, 5) is 0. The second kappa shape index (κ2) is 5.54. The molecule has 0 spiro atoms. The first-order valence-corrected chi connectivity index (χ1v) is 9.44. The van der Waals surface area contributed by atoms with E-state index in [2.05, 4.69) is 86.5 Å². The van der Waals surface area contributed by atoms with Crippen LogP contribution in [0.4, 0.5) is 0 Å². The zero-order chi connectivity index (χ0) is 14.3. The molecule has 0 saturated carbocycles. The van der Waals surface area contributed by atoms with Crippen molar-refractivity contribution in [3.63, 3.8) is 0 Å². The molecule has 0 radical (unpaired) electrons. The number of fused-ring (bicyclic) bond motifs is 1. The second-order valence-corrected chi connectivity index (χ2v) is 8.25. The van der Waals surface area contributed by atoms with Gasteiger partial charge in [0.05, 0.1) is 0 Å². The summed E-state index contributed by atoms with van der Waals surface area (Å²) in [7, 11) is 0.00668. The zero-order valence-electron chi connectivity index (χ0n) is 12.6. The van der Waals surface area contributed by atoms with Gasteiger partial charge in [-0.2, -0.15) is 0 Å². The van der Waals surface area contributed by atoms with Gasteiger partial charge >= 0.3 is 132 Å². The number of hydrogen-bond acceptors (Lipinski definition) is 0. The van der Waals surface area contributed by atoms with Crippen molar-refractivity contribution >= 4 is 29.9 Å². The van der Waals surface area contributed by atoms with Gasteiger partial charge in [0.1, 0.15) is 0 Å². The molecule has 1 aliphatic carbocycles. The predicted molar refractivity (Wildman–Crippen MR) is 91.7 cm³/mol. The van der Waals surface area contributed by atoms with Crippen LogP contribution in [0.15, 0.2) is 54.1 Å². The predicted octanol–water partition coefficient (Wildman–Crippen LogP) is 5.05. The molecule has 0 aromatic heterocycles. The molecule has 2 aromatic carbocycles. The summed E-state index contributed by atoms with van der Waals surface area (Å²) in [5.74, 6) is 0. The van der Waals surface area contributed by atoms with Crippen LogP contribution in [0.1, 0.15) is 23.7 Å². The molecule has 1 atom stereocenters. The van der Waals surface area contributed by atoms with E-state index in [9.17, 15) is 0 Å². The monoisotopic (exact) mass is 272 g/mol. The van der Waals surface area contributed by atoms with Gasteiger partial charge in [-0.25, -0.2) is 0 Å². The molecule has 3 rings (SSSR count). The summed E-state index contributed by atoms with van der Waals surface area (Å²) >= 11 is 2.29. The molecule has 0 heterocycles. The fraction of sp³-hybridized carbons (Fsp3) is 0.222. The minimum atomic E-state index is 0.00668. The van der Waals surface area contributed by atoms with Crippen molar-refractivity contribution in [2.45, 2.75) is 12.6 Å². The van der Waals surface area contributed by atoms with Gasteiger partial charge in [-0.05, 0) is 0 Å². The first-order valence-electron chi connectivity index (χ1n) is 7.13. The van der Waals surface area contributed by atoms with E-state index in [0.717, 1.165) is 0 Å². The Bertz CT molecular complexity index is 671. The Hall–Kier alpha value is -0.793. The Morgan fingerprint density at radius 3 is 2.30 bits per heavy atom. The third kappa shape index (κ3) is 2.21. The van der Waals surface area contributed by atoms with Gasteiger partial charge in [0.25, 0.3) is 0 Å². The van der Waals surface area contributed by atoms with Crippen molar-refractivity contribution < 1.29 is 0 Å². The van der Waals surface area contributed by atoms with Crippen LogP contribution in [0, 0.1) is 0 Å². The molecule has 1 aliphatic rings. The standard InChI is InChI=1S/C18H18P.Li/c1-13-12-17-15(14-8-5-4-6-9-14)10-7-11-16(17)18(13)19(2)3;/h4-11,18H,1-3H3;. The fourth-order valence-corrected chi connectivity index (χ4v) is 5.12. The SMILES string of the molecule is [Li][C]1=C(C)C(P(C)C)c2cccc(-c3ccccc3)c21. The van der Waals surface area contributed by atoms with E-state index in [1.807, 2.05) is 0 Å². The summed E-state index contributed by atoms with van der Waals surface area (Å²) in [6.07, 6.45) is 0. The average molecular weight is 272 g/mol. The van der Waals surface area contributed by atoms with Gasteiger partial charge in [-0.1, -0.05) is 0 Å². The average Bonchev–Trinajstić information content (AvgIpc) is 2.72. The molecule has 0 fully saturated rings. The normalized spacial score (nSPS) is 17.8. The third-order valence-corrected chi connectivity index (χ3v) is 6.07. The topological polar surface area (TPSA) is 0 Å². The van der Waals surface area contributed by atoms with Crippen LogP contribution in [-0.2, 0) is 0 Å². The van der Waals surface area contributed by atoms with Crippen molar-refractivity contribution in [2.75, 3.05) is 13.3 Å². The molecule has 20 heavy (non-hydrogen) atoms. The van der Waals surface area contributed by atoms with Gasteiger partial charge in [0, 0.05) is 0 Å². The van der Waals surface area contributed by atoms with Crippen LogP contribution in [0.25, 0.3) is 15.4 Å².